The maximum absolute atomic E-state index is 13.0. The minimum Gasteiger partial charge on any atom is -0.299 e. The third-order valence-electron chi connectivity index (χ3n) is 4.30. The summed E-state index contributed by atoms with van der Waals surface area (Å²) in [5.41, 5.74) is 1.40. The Kier molecular flexibility index (Phi) is 6.25. The van der Waals surface area contributed by atoms with Crippen molar-refractivity contribution in [3.05, 3.63) is 68.4 Å². The predicted octanol–water partition coefficient (Wildman–Crippen LogP) is 5.02. The molecular formula is C20H18Cl2N2O2S. The lowest BCUT2D eigenvalue weighted by atomic mass is 10.1. The van der Waals surface area contributed by atoms with Crippen molar-refractivity contribution in [2.75, 3.05) is 0 Å². The van der Waals surface area contributed by atoms with E-state index in [-0.39, 0.29) is 16.6 Å². The number of carbonyl (C=O) groups is 1. The van der Waals surface area contributed by atoms with Gasteiger partial charge in [-0.25, -0.2) is 4.98 Å². The van der Waals surface area contributed by atoms with E-state index in [1.807, 2.05) is 25.1 Å². The number of thioether (sulfide) groups is 1. The van der Waals surface area contributed by atoms with Crippen molar-refractivity contribution >= 4 is 51.6 Å². The molecule has 2 aromatic carbocycles. The second-order valence-corrected chi connectivity index (χ2v) is 8.38. The number of hydrogen-bond acceptors (Lipinski definition) is 4. The average molecular weight is 421 g/mol. The lowest BCUT2D eigenvalue weighted by Gasteiger charge is -2.15. The lowest BCUT2D eigenvalue weighted by Crippen LogP contribution is -2.25. The highest BCUT2D eigenvalue weighted by Crippen LogP contribution is 2.25. The summed E-state index contributed by atoms with van der Waals surface area (Å²) in [6.07, 6.45) is 0.554. The van der Waals surface area contributed by atoms with Crippen molar-refractivity contribution in [1.82, 2.24) is 9.55 Å². The van der Waals surface area contributed by atoms with Crippen molar-refractivity contribution in [2.24, 2.45) is 0 Å². The average Bonchev–Trinajstić information content (AvgIpc) is 2.62. The molecule has 0 fully saturated rings. The number of nitrogens with zero attached hydrogens (tertiary/aromatic N) is 2. The molecule has 7 heteroatoms. The molecule has 4 nitrogen and oxygen atoms in total. The fourth-order valence-electron chi connectivity index (χ4n) is 2.63. The topological polar surface area (TPSA) is 52.0 Å². The summed E-state index contributed by atoms with van der Waals surface area (Å²) in [5.74, 6) is 0.0368. The first-order valence-electron chi connectivity index (χ1n) is 8.47. The number of para-hydroxylation sites is 1. The molecule has 0 aliphatic rings. The van der Waals surface area contributed by atoms with E-state index in [4.69, 9.17) is 23.2 Å². The van der Waals surface area contributed by atoms with Crippen LogP contribution in [0.4, 0.5) is 0 Å². The number of Topliss-reactive ketones (excluding diaryl/α,β-unsaturated/α-hetero) is 1. The number of aryl methyl sites for hydroxylation is 1. The second kappa shape index (κ2) is 8.46. The van der Waals surface area contributed by atoms with E-state index in [1.165, 1.54) is 18.7 Å². The number of carbonyl (C=O) groups excluding carboxylic acids is 1. The van der Waals surface area contributed by atoms with Crippen LogP contribution in [0.25, 0.3) is 10.9 Å². The molecule has 1 heterocycles. The monoisotopic (exact) mass is 420 g/mol. The highest BCUT2D eigenvalue weighted by atomic mass is 35.5. The Morgan fingerprint density at radius 2 is 1.96 bits per heavy atom. The first kappa shape index (κ1) is 19.9. The summed E-state index contributed by atoms with van der Waals surface area (Å²) < 4.78 is 1.62. The summed E-state index contributed by atoms with van der Waals surface area (Å²) >= 11 is 13.5. The number of rotatable bonds is 6. The van der Waals surface area contributed by atoms with Gasteiger partial charge < -0.3 is 0 Å². The highest BCUT2D eigenvalue weighted by Gasteiger charge is 2.17. The van der Waals surface area contributed by atoms with Crippen LogP contribution in [-0.4, -0.2) is 20.6 Å². The van der Waals surface area contributed by atoms with Crippen molar-refractivity contribution in [3.63, 3.8) is 0 Å². The zero-order valence-electron chi connectivity index (χ0n) is 14.9. The van der Waals surface area contributed by atoms with E-state index < -0.39 is 0 Å². The molecule has 0 N–H and O–H groups in total. The predicted molar refractivity (Wildman–Crippen MR) is 112 cm³/mol. The summed E-state index contributed by atoms with van der Waals surface area (Å²) in [6, 6.07) is 12.5. The fourth-order valence-corrected chi connectivity index (χ4v) is 4.07. The third-order valence-corrected chi connectivity index (χ3v) is 6.10. The number of hydrogen-bond donors (Lipinski definition) is 0. The van der Waals surface area contributed by atoms with E-state index in [9.17, 15) is 9.59 Å². The normalized spacial score (nSPS) is 12.3. The van der Waals surface area contributed by atoms with Gasteiger partial charge >= 0.3 is 0 Å². The van der Waals surface area contributed by atoms with E-state index >= 15 is 0 Å². The molecule has 0 saturated heterocycles. The van der Waals surface area contributed by atoms with Crippen molar-refractivity contribution in [3.8, 4) is 0 Å². The first-order chi connectivity index (χ1) is 12.9. The van der Waals surface area contributed by atoms with Crippen LogP contribution in [0.15, 0.2) is 52.4 Å². The Labute approximate surface area is 171 Å². The van der Waals surface area contributed by atoms with Crippen molar-refractivity contribution in [2.45, 2.75) is 37.2 Å². The van der Waals surface area contributed by atoms with Gasteiger partial charge in [0, 0.05) is 16.6 Å². The molecule has 0 saturated carbocycles. The quantitative estimate of drug-likeness (QED) is 0.415. The maximum atomic E-state index is 13.0. The van der Waals surface area contributed by atoms with E-state index in [1.54, 1.807) is 28.8 Å². The van der Waals surface area contributed by atoms with Crippen LogP contribution in [0, 0.1) is 0 Å². The Morgan fingerprint density at radius 3 is 2.67 bits per heavy atom. The summed E-state index contributed by atoms with van der Waals surface area (Å²) in [4.78, 5) is 29.4. The number of ketones is 1. The number of fused-ring (bicyclic) bond motifs is 1. The molecule has 0 aliphatic carbocycles. The molecule has 3 rings (SSSR count). The van der Waals surface area contributed by atoms with Gasteiger partial charge in [-0.15, -0.1) is 0 Å². The molecule has 0 amide bonds. The maximum Gasteiger partial charge on any atom is 0.262 e. The first-order valence-corrected chi connectivity index (χ1v) is 10.1. The zero-order valence-corrected chi connectivity index (χ0v) is 17.2. The molecule has 140 valence electrons. The SMILES string of the molecule is CC(=O)C(C)Sc1nc2ccccc2c(=O)n1CCc1ccc(Cl)cc1Cl. The molecule has 0 bridgehead atoms. The van der Waals surface area contributed by atoms with Crippen LogP contribution in [0.5, 0.6) is 0 Å². The fraction of sp³-hybridized carbons (Fsp3) is 0.250. The van der Waals surface area contributed by atoms with Crippen molar-refractivity contribution in [1.29, 1.82) is 0 Å². The smallest absolute Gasteiger partial charge is 0.262 e. The van der Waals surface area contributed by atoms with Crippen LogP contribution < -0.4 is 5.56 Å². The van der Waals surface area contributed by atoms with Gasteiger partial charge in [0.2, 0.25) is 0 Å². The molecule has 3 aromatic rings. The molecule has 1 unspecified atom stereocenters. The second-order valence-electron chi connectivity index (χ2n) is 6.22. The Bertz CT molecular complexity index is 1070. The lowest BCUT2D eigenvalue weighted by molar-refractivity contribution is -0.116. The Balaban J connectivity index is 2.01. The Morgan fingerprint density at radius 1 is 1.22 bits per heavy atom. The third kappa shape index (κ3) is 4.54. The van der Waals surface area contributed by atoms with Crippen LogP contribution in [0.2, 0.25) is 10.0 Å². The van der Waals surface area contributed by atoms with Gasteiger partial charge in [-0.3, -0.25) is 14.2 Å². The highest BCUT2D eigenvalue weighted by molar-refractivity contribution is 8.00. The minimum atomic E-state index is -0.288. The van der Waals surface area contributed by atoms with Crippen LogP contribution in [-0.2, 0) is 17.8 Å². The molecular weight excluding hydrogens is 403 g/mol. The van der Waals surface area contributed by atoms with Gasteiger partial charge in [0.25, 0.3) is 5.56 Å². The van der Waals surface area contributed by atoms with Gasteiger partial charge in [0.1, 0.15) is 5.78 Å². The van der Waals surface area contributed by atoms with Gasteiger partial charge in [-0.05, 0) is 50.1 Å². The molecule has 27 heavy (non-hydrogen) atoms. The minimum absolute atomic E-state index is 0.0368. The molecule has 1 aromatic heterocycles. The van der Waals surface area contributed by atoms with E-state index in [0.717, 1.165) is 5.56 Å². The molecule has 0 radical (unpaired) electrons. The number of benzene rings is 2. The Hall–Kier alpha value is -1.82. The van der Waals surface area contributed by atoms with Gasteiger partial charge in [-0.2, -0.15) is 0 Å². The standard InChI is InChI=1S/C20H18Cl2N2O2S/c1-12(25)13(2)27-20-23-18-6-4-3-5-16(18)19(26)24(20)10-9-14-7-8-15(21)11-17(14)22/h3-8,11,13H,9-10H2,1-2H3. The molecule has 0 spiro atoms. The largest absolute Gasteiger partial charge is 0.299 e. The van der Waals surface area contributed by atoms with Crippen LogP contribution >= 0.6 is 35.0 Å². The summed E-state index contributed by atoms with van der Waals surface area (Å²) in [7, 11) is 0. The summed E-state index contributed by atoms with van der Waals surface area (Å²) in [6.45, 7) is 3.76. The van der Waals surface area contributed by atoms with Crippen molar-refractivity contribution < 1.29 is 4.79 Å². The van der Waals surface area contributed by atoms with E-state index in [0.29, 0.717) is 39.1 Å². The number of aromatic nitrogens is 2. The molecule has 1 atom stereocenters. The molecule has 0 aliphatic heterocycles. The van der Waals surface area contributed by atoms with Gasteiger partial charge in [0.05, 0.1) is 16.2 Å². The summed E-state index contributed by atoms with van der Waals surface area (Å²) in [5, 5.41) is 1.94. The van der Waals surface area contributed by atoms with Crippen LogP contribution in [0.3, 0.4) is 0 Å². The zero-order chi connectivity index (χ0) is 19.6. The van der Waals surface area contributed by atoms with Crippen LogP contribution in [0.1, 0.15) is 19.4 Å². The van der Waals surface area contributed by atoms with Gasteiger partial charge in [0.15, 0.2) is 5.16 Å². The van der Waals surface area contributed by atoms with E-state index in [2.05, 4.69) is 4.98 Å². The van der Waals surface area contributed by atoms with Gasteiger partial charge in [-0.1, -0.05) is 53.2 Å². The number of halogens is 2.